The molecule has 2 N–H and O–H groups in total. The van der Waals surface area contributed by atoms with Gasteiger partial charge in [0.25, 0.3) is 0 Å². The molecule has 23 heavy (non-hydrogen) atoms. The Labute approximate surface area is 139 Å². The Hall–Kier alpha value is -1.63. The SMILES string of the molecule is CCCN1CCC(CNC(=NC)NCCn2cnnc2CC)C1. The maximum absolute atomic E-state index is 4.31. The van der Waals surface area contributed by atoms with Crippen molar-refractivity contribution in [2.24, 2.45) is 10.9 Å². The molecule has 0 aromatic carbocycles. The van der Waals surface area contributed by atoms with E-state index in [4.69, 9.17) is 0 Å². The predicted octanol–water partition coefficient (Wildman–Crippen LogP) is 0.737. The molecule has 1 atom stereocenters. The van der Waals surface area contributed by atoms with Crippen molar-refractivity contribution in [3.05, 3.63) is 12.2 Å². The van der Waals surface area contributed by atoms with Crippen LogP contribution in [0.4, 0.5) is 0 Å². The van der Waals surface area contributed by atoms with Gasteiger partial charge in [-0.2, -0.15) is 0 Å². The van der Waals surface area contributed by atoms with Crippen LogP contribution in [0.3, 0.4) is 0 Å². The van der Waals surface area contributed by atoms with Gasteiger partial charge in [-0.15, -0.1) is 10.2 Å². The average molecular weight is 321 g/mol. The van der Waals surface area contributed by atoms with E-state index in [1.165, 1.54) is 32.5 Å². The minimum absolute atomic E-state index is 0.727. The molecule has 1 fully saturated rings. The molecular weight excluding hydrogens is 290 g/mol. The fourth-order valence-electron chi connectivity index (χ4n) is 3.09. The number of nitrogens with zero attached hydrogens (tertiary/aromatic N) is 5. The van der Waals surface area contributed by atoms with Crippen molar-refractivity contribution in [3.63, 3.8) is 0 Å². The van der Waals surface area contributed by atoms with Crippen molar-refractivity contribution in [1.29, 1.82) is 0 Å². The Morgan fingerprint density at radius 3 is 2.96 bits per heavy atom. The second-order valence-electron chi connectivity index (χ2n) is 6.13. The van der Waals surface area contributed by atoms with Gasteiger partial charge in [0.1, 0.15) is 12.2 Å². The summed E-state index contributed by atoms with van der Waals surface area (Å²) < 4.78 is 2.08. The van der Waals surface area contributed by atoms with Crippen LogP contribution in [0.5, 0.6) is 0 Å². The third kappa shape index (κ3) is 5.49. The number of aromatic nitrogens is 3. The van der Waals surface area contributed by atoms with Crippen LogP contribution in [0.15, 0.2) is 11.3 Å². The molecule has 0 radical (unpaired) electrons. The first kappa shape index (κ1) is 17.7. The summed E-state index contributed by atoms with van der Waals surface area (Å²) in [4.78, 5) is 6.86. The molecule has 0 aliphatic carbocycles. The maximum atomic E-state index is 4.31. The number of aliphatic imine (C=N–C) groups is 1. The minimum atomic E-state index is 0.727. The largest absolute Gasteiger partial charge is 0.356 e. The molecule has 7 nitrogen and oxygen atoms in total. The number of aryl methyl sites for hydroxylation is 1. The second kappa shape index (κ2) is 9.50. The van der Waals surface area contributed by atoms with E-state index in [1.807, 2.05) is 7.05 Å². The smallest absolute Gasteiger partial charge is 0.191 e. The van der Waals surface area contributed by atoms with Crippen LogP contribution in [0.1, 0.15) is 32.5 Å². The highest BCUT2D eigenvalue weighted by atomic mass is 15.3. The average Bonchev–Trinajstić information content (AvgIpc) is 3.20. The lowest BCUT2D eigenvalue weighted by molar-refractivity contribution is 0.324. The lowest BCUT2D eigenvalue weighted by Gasteiger charge is -2.17. The third-order valence-corrected chi connectivity index (χ3v) is 4.35. The molecule has 0 amide bonds. The molecule has 1 unspecified atom stereocenters. The molecule has 2 heterocycles. The van der Waals surface area contributed by atoms with Gasteiger partial charge in [0.2, 0.25) is 0 Å². The van der Waals surface area contributed by atoms with E-state index in [1.54, 1.807) is 6.33 Å². The van der Waals surface area contributed by atoms with Crippen LogP contribution >= 0.6 is 0 Å². The van der Waals surface area contributed by atoms with Gasteiger partial charge in [0.15, 0.2) is 5.96 Å². The van der Waals surface area contributed by atoms with Crippen LogP contribution in [0, 0.1) is 5.92 Å². The van der Waals surface area contributed by atoms with Gasteiger partial charge in [-0.05, 0) is 31.8 Å². The molecule has 1 aromatic heterocycles. The second-order valence-corrected chi connectivity index (χ2v) is 6.13. The molecule has 1 aromatic rings. The Morgan fingerprint density at radius 1 is 1.35 bits per heavy atom. The molecule has 0 spiro atoms. The first-order valence-electron chi connectivity index (χ1n) is 8.80. The number of likely N-dealkylation sites (tertiary alicyclic amines) is 1. The van der Waals surface area contributed by atoms with Crippen LogP contribution in [-0.2, 0) is 13.0 Å². The molecule has 0 saturated carbocycles. The fraction of sp³-hybridized carbons (Fsp3) is 0.812. The van der Waals surface area contributed by atoms with Gasteiger partial charge in [-0.3, -0.25) is 4.99 Å². The zero-order valence-corrected chi connectivity index (χ0v) is 14.8. The number of rotatable bonds is 8. The summed E-state index contributed by atoms with van der Waals surface area (Å²) in [5, 5.41) is 14.9. The summed E-state index contributed by atoms with van der Waals surface area (Å²) in [6, 6.07) is 0. The molecular formula is C16H31N7. The molecule has 1 aliphatic heterocycles. The number of hydrogen-bond acceptors (Lipinski definition) is 4. The highest BCUT2D eigenvalue weighted by molar-refractivity contribution is 5.79. The molecule has 0 bridgehead atoms. The van der Waals surface area contributed by atoms with Crippen molar-refractivity contribution < 1.29 is 0 Å². The quantitative estimate of drug-likeness (QED) is 0.546. The third-order valence-electron chi connectivity index (χ3n) is 4.35. The molecule has 1 aliphatic rings. The summed E-state index contributed by atoms with van der Waals surface area (Å²) >= 11 is 0. The Bertz CT molecular complexity index is 483. The van der Waals surface area contributed by atoms with E-state index in [2.05, 4.69) is 49.1 Å². The van der Waals surface area contributed by atoms with Crippen LogP contribution in [0.2, 0.25) is 0 Å². The van der Waals surface area contributed by atoms with E-state index in [9.17, 15) is 0 Å². The van der Waals surface area contributed by atoms with E-state index in [0.717, 1.165) is 43.8 Å². The predicted molar refractivity (Wildman–Crippen MR) is 93.6 cm³/mol. The van der Waals surface area contributed by atoms with Crippen LogP contribution in [0.25, 0.3) is 0 Å². The monoisotopic (exact) mass is 321 g/mol. The maximum Gasteiger partial charge on any atom is 0.191 e. The van der Waals surface area contributed by atoms with Crippen LogP contribution < -0.4 is 10.6 Å². The topological polar surface area (TPSA) is 70.4 Å². The van der Waals surface area contributed by atoms with Gasteiger partial charge in [0, 0.05) is 39.6 Å². The normalized spacial score (nSPS) is 19.3. The summed E-state index contributed by atoms with van der Waals surface area (Å²) in [5.74, 6) is 2.63. The van der Waals surface area contributed by atoms with Gasteiger partial charge in [-0.1, -0.05) is 13.8 Å². The lowest BCUT2D eigenvalue weighted by atomic mass is 10.1. The van der Waals surface area contributed by atoms with E-state index < -0.39 is 0 Å². The van der Waals surface area contributed by atoms with E-state index in [-0.39, 0.29) is 0 Å². The first-order valence-corrected chi connectivity index (χ1v) is 8.80. The fourth-order valence-corrected chi connectivity index (χ4v) is 3.09. The molecule has 1 saturated heterocycles. The van der Waals surface area contributed by atoms with Crippen molar-refractivity contribution in [1.82, 2.24) is 30.3 Å². The van der Waals surface area contributed by atoms with Crippen molar-refractivity contribution in [2.45, 2.75) is 39.7 Å². The number of nitrogens with one attached hydrogen (secondary N) is 2. The van der Waals surface area contributed by atoms with Gasteiger partial charge in [0.05, 0.1) is 0 Å². The van der Waals surface area contributed by atoms with Gasteiger partial charge in [-0.25, -0.2) is 0 Å². The van der Waals surface area contributed by atoms with Gasteiger partial charge >= 0.3 is 0 Å². The lowest BCUT2D eigenvalue weighted by Crippen LogP contribution is -2.41. The highest BCUT2D eigenvalue weighted by Gasteiger charge is 2.21. The highest BCUT2D eigenvalue weighted by Crippen LogP contribution is 2.15. The zero-order chi connectivity index (χ0) is 16.5. The van der Waals surface area contributed by atoms with Gasteiger partial charge < -0.3 is 20.1 Å². The van der Waals surface area contributed by atoms with E-state index >= 15 is 0 Å². The number of guanidine groups is 1. The molecule has 130 valence electrons. The Balaban J connectivity index is 1.66. The van der Waals surface area contributed by atoms with Crippen LogP contribution in [-0.4, -0.2) is 65.4 Å². The molecule has 7 heteroatoms. The van der Waals surface area contributed by atoms with Crippen molar-refractivity contribution >= 4 is 5.96 Å². The summed E-state index contributed by atoms with van der Waals surface area (Å²) in [6.45, 7) is 10.7. The first-order chi connectivity index (χ1) is 11.3. The number of hydrogen-bond donors (Lipinski definition) is 2. The standard InChI is InChI=1S/C16H31N7/c1-4-8-22-9-6-14(12-22)11-19-16(17-3)18-7-10-23-13-20-21-15(23)5-2/h13-14H,4-12H2,1-3H3,(H2,17,18,19). The Kier molecular flexibility index (Phi) is 7.32. The summed E-state index contributed by atoms with van der Waals surface area (Å²) in [5.41, 5.74) is 0. The minimum Gasteiger partial charge on any atom is -0.356 e. The summed E-state index contributed by atoms with van der Waals surface area (Å²) in [7, 11) is 1.82. The molecule has 2 rings (SSSR count). The van der Waals surface area contributed by atoms with Crippen molar-refractivity contribution in [2.75, 3.05) is 39.8 Å². The Morgan fingerprint density at radius 2 is 2.22 bits per heavy atom. The van der Waals surface area contributed by atoms with Crippen molar-refractivity contribution in [3.8, 4) is 0 Å². The van der Waals surface area contributed by atoms with E-state index in [0.29, 0.717) is 0 Å². The summed E-state index contributed by atoms with van der Waals surface area (Å²) in [6.07, 6.45) is 5.22. The zero-order valence-electron chi connectivity index (χ0n) is 14.8.